The first kappa shape index (κ1) is 21.0. The maximum atomic E-state index is 13.0. The minimum absolute atomic E-state index is 0.214. The van der Waals surface area contributed by atoms with Gasteiger partial charge in [-0.1, -0.05) is 25.5 Å². The molecule has 30 heavy (non-hydrogen) atoms. The molecule has 7 nitrogen and oxygen atoms in total. The smallest absolute Gasteiger partial charge is 0.343 e. The molecule has 0 radical (unpaired) electrons. The fraction of sp³-hybridized carbons (Fsp3) is 0.227. The van der Waals surface area contributed by atoms with E-state index in [9.17, 15) is 18.8 Å². The molecule has 0 bridgehead atoms. The normalized spacial score (nSPS) is 15.8. The van der Waals surface area contributed by atoms with E-state index in [1.165, 1.54) is 31.4 Å². The van der Waals surface area contributed by atoms with Crippen LogP contribution in [-0.2, 0) is 9.53 Å². The SMILES string of the molecule is CCCC1=C(C(=O)OC)C(c2ccc(OC(=O)c3ccc(F)cc3)cc2)NC(=O)N1. The van der Waals surface area contributed by atoms with Gasteiger partial charge >= 0.3 is 18.0 Å². The van der Waals surface area contributed by atoms with E-state index >= 15 is 0 Å². The average Bonchev–Trinajstić information content (AvgIpc) is 2.74. The summed E-state index contributed by atoms with van der Waals surface area (Å²) in [5, 5.41) is 5.40. The largest absolute Gasteiger partial charge is 0.466 e. The van der Waals surface area contributed by atoms with Crippen LogP contribution in [0.1, 0.15) is 41.7 Å². The van der Waals surface area contributed by atoms with Gasteiger partial charge in [0.2, 0.25) is 0 Å². The zero-order chi connectivity index (χ0) is 21.7. The molecule has 2 aromatic rings. The van der Waals surface area contributed by atoms with Crippen molar-refractivity contribution < 1.29 is 28.2 Å². The van der Waals surface area contributed by atoms with Gasteiger partial charge in [0.15, 0.2) is 0 Å². The average molecular weight is 412 g/mol. The molecular weight excluding hydrogens is 391 g/mol. The Balaban J connectivity index is 1.83. The van der Waals surface area contributed by atoms with Crippen LogP contribution in [0.15, 0.2) is 59.8 Å². The first-order valence-electron chi connectivity index (χ1n) is 9.39. The first-order valence-corrected chi connectivity index (χ1v) is 9.39. The number of allylic oxidation sites excluding steroid dienone is 1. The van der Waals surface area contributed by atoms with Crippen LogP contribution >= 0.6 is 0 Å². The van der Waals surface area contributed by atoms with E-state index in [-0.39, 0.29) is 11.3 Å². The molecule has 0 spiro atoms. The third-order valence-electron chi connectivity index (χ3n) is 4.56. The lowest BCUT2D eigenvalue weighted by molar-refractivity contribution is -0.136. The van der Waals surface area contributed by atoms with E-state index in [2.05, 4.69) is 10.6 Å². The van der Waals surface area contributed by atoms with E-state index in [1.54, 1.807) is 24.3 Å². The Morgan fingerprint density at radius 2 is 1.70 bits per heavy atom. The van der Waals surface area contributed by atoms with Crippen molar-refractivity contribution in [3.05, 3.63) is 76.7 Å². The topological polar surface area (TPSA) is 93.7 Å². The molecule has 3 rings (SSSR count). The number of amides is 2. The summed E-state index contributed by atoms with van der Waals surface area (Å²) < 4.78 is 23.2. The number of rotatable bonds is 6. The van der Waals surface area contributed by atoms with Gasteiger partial charge in [-0.05, 0) is 48.4 Å². The molecule has 2 aromatic carbocycles. The van der Waals surface area contributed by atoms with Crippen molar-refractivity contribution in [2.75, 3.05) is 7.11 Å². The van der Waals surface area contributed by atoms with Crippen molar-refractivity contribution >= 4 is 18.0 Å². The Bertz CT molecular complexity index is 984. The van der Waals surface area contributed by atoms with Crippen LogP contribution in [0.5, 0.6) is 5.75 Å². The minimum Gasteiger partial charge on any atom is -0.466 e. The number of esters is 2. The Labute approximate surface area is 172 Å². The van der Waals surface area contributed by atoms with Crippen molar-refractivity contribution in [2.45, 2.75) is 25.8 Å². The Morgan fingerprint density at radius 3 is 2.30 bits per heavy atom. The van der Waals surface area contributed by atoms with Crippen molar-refractivity contribution in [3.8, 4) is 5.75 Å². The number of halogens is 1. The second-order valence-corrected chi connectivity index (χ2v) is 6.63. The van der Waals surface area contributed by atoms with Crippen molar-refractivity contribution in [2.24, 2.45) is 0 Å². The maximum absolute atomic E-state index is 13.0. The van der Waals surface area contributed by atoms with Crippen LogP contribution in [0.3, 0.4) is 0 Å². The van der Waals surface area contributed by atoms with Gasteiger partial charge in [-0.25, -0.2) is 18.8 Å². The molecule has 156 valence electrons. The van der Waals surface area contributed by atoms with E-state index in [0.29, 0.717) is 23.3 Å². The van der Waals surface area contributed by atoms with Gasteiger partial charge in [-0.15, -0.1) is 0 Å². The number of carbonyl (C=O) groups is 3. The van der Waals surface area contributed by atoms with Crippen LogP contribution in [0.4, 0.5) is 9.18 Å². The summed E-state index contributed by atoms with van der Waals surface area (Å²) in [5.41, 5.74) is 1.69. The molecule has 0 aromatic heterocycles. The lowest BCUT2D eigenvalue weighted by atomic mass is 9.94. The molecular formula is C22H21FN2O5. The molecule has 0 saturated heterocycles. The van der Waals surface area contributed by atoms with E-state index in [4.69, 9.17) is 9.47 Å². The molecule has 1 aliphatic heterocycles. The number of carbonyl (C=O) groups excluding carboxylic acids is 3. The molecule has 1 aliphatic rings. The fourth-order valence-corrected chi connectivity index (χ4v) is 3.15. The lowest BCUT2D eigenvalue weighted by Crippen LogP contribution is -2.45. The van der Waals surface area contributed by atoms with Crippen LogP contribution < -0.4 is 15.4 Å². The van der Waals surface area contributed by atoms with Gasteiger partial charge in [0.25, 0.3) is 0 Å². The summed E-state index contributed by atoms with van der Waals surface area (Å²) in [5.74, 6) is -1.34. The zero-order valence-electron chi connectivity index (χ0n) is 16.5. The fourth-order valence-electron chi connectivity index (χ4n) is 3.15. The van der Waals surface area contributed by atoms with E-state index in [0.717, 1.165) is 6.42 Å². The van der Waals surface area contributed by atoms with Crippen LogP contribution in [-0.4, -0.2) is 25.1 Å². The van der Waals surface area contributed by atoms with Crippen molar-refractivity contribution in [1.82, 2.24) is 10.6 Å². The summed E-state index contributed by atoms with van der Waals surface area (Å²) in [7, 11) is 1.28. The quantitative estimate of drug-likeness (QED) is 0.558. The third-order valence-corrected chi connectivity index (χ3v) is 4.56. The monoisotopic (exact) mass is 412 g/mol. The molecule has 8 heteroatoms. The summed E-state index contributed by atoms with van der Waals surface area (Å²) in [6.07, 6.45) is 1.25. The number of methoxy groups -OCH3 is 1. The standard InChI is InChI=1S/C22H21FN2O5/c1-3-4-17-18(21(27)29-2)19(25-22(28)24-17)13-7-11-16(12-8-13)30-20(26)14-5-9-15(23)10-6-14/h5-12,19H,3-4H2,1-2H3,(H2,24,25,28). The second kappa shape index (κ2) is 9.21. The van der Waals surface area contributed by atoms with Gasteiger partial charge in [0.1, 0.15) is 11.6 Å². The van der Waals surface area contributed by atoms with Crippen LogP contribution in [0, 0.1) is 5.82 Å². The summed E-state index contributed by atoms with van der Waals surface area (Å²) in [4.78, 5) is 36.6. The van der Waals surface area contributed by atoms with Crippen molar-refractivity contribution in [1.29, 1.82) is 0 Å². The first-order chi connectivity index (χ1) is 14.4. The van der Waals surface area contributed by atoms with Gasteiger partial charge in [-0.2, -0.15) is 0 Å². The van der Waals surface area contributed by atoms with E-state index in [1.807, 2.05) is 6.92 Å². The number of benzene rings is 2. The van der Waals surface area contributed by atoms with Gasteiger partial charge in [0, 0.05) is 5.70 Å². The lowest BCUT2D eigenvalue weighted by Gasteiger charge is -2.29. The number of urea groups is 1. The Morgan fingerprint density at radius 1 is 1.03 bits per heavy atom. The van der Waals surface area contributed by atoms with Gasteiger partial charge in [0.05, 0.1) is 24.3 Å². The van der Waals surface area contributed by atoms with Crippen LogP contribution in [0.25, 0.3) is 0 Å². The molecule has 1 unspecified atom stereocenters. The summed E-state index contributed by atoms with van der Waals surface area (Å²) >= 11 is 0. The predicted octanol–water partition coefficient (Wildman–Crippen LogP) is 3.63. The number of hydrogen-bond donors (Lipinski definition) is 2. The molecule has 2 amide bonds. The highest BCUT2D eigenvalue weighted by atomic mass is 19.1. The molecule has 2 N–H and O–H groups in total. The minimum atomic E-state index is -0.699. The third kappa shape index (κ3) is 4.65. The Hall–Kier alpha value is -3.68. The molecule has 0 saturated carbocycles. The van der Waals surface area contributed by atoms with Gasteiger partial charge in [-0.3, -0.25) is 0 Å². The van der Waals surface area contributed by atoms with Gasteiger partial charge < -0.3 is 20.1 Å². The number of hydrogen-bond acceptors (Lipinski definition) is 5. The number of nitrogens with one attached hydrogen (secondary N) is 2. The summed E-state index contributed by atoms with van der Waals surface area (Å²) in [6, 6.07) is 10.3. The highest BCUT2D eigenvalue weighted by Crippen LogP contribution is 2.30. The maximum Gasteiger partial charge on any atom is 0.343 e. The summed E-state index contributed by atoms with van der Waals surface area (Å²) in [6.45, 7) is 1.94. The molecule has 1 atom stereocenters. The van der Waals surface area contributed by atoms with E-state index < -0.39 is 29.8 Å². The highest BCUT2D eigenvalue weighted by molar-refractivity contribution is 5.95. The highest BCUT2D eigenvalue weighted by Gasteiger charge is 2.33. The Kier molecular flexibility index (Phi) is 6.46. The second-order valence-electron chi connectivity index (χ2n) is 6.63. The van der Waals surface area contributed by atoms with Crippen LogP contribution in [0.2, 0.25) is 0 Å². The molecule has 0 aliphatic carbocycles. The zero-order valence-corrected chi connectivity index (χ0v) is 16.5. The predicted molar refractivity (Wildman–Crippen MR) is 106 cm³/mol. The number of ether oxygens (including phenoxy) is 2. The van der Waals surface area contributed by atoms with Crippen molar-refractivity contribution in [3.63, 3.8) is 0 Å². The molecule has 1 heterocycles. The molecule has 0 fully saturated rings.